The van der Waals surface area contributed by atoms with Gasteiger partial charge < -0.3 is 16.6 Å². The molecule has 0 bridgehead atoms. The van der Waals surface area contributed by atoms with Gasteiger partial charge in [0.15, 0.2) is 0 Å². The van der Waals surface area contributed by atoms with Gasteiger partial charge in [0.25, 0.3) is 0 Å². The number of benzene rings is 1. The average molecular weight is 159 g/mol. The molecule has 1 aromatic rings. The van der Waals surface area contributed by atoms with Crippen molar-refractivity contribution in [3.8, 4) is 5.75 Å². The fourth-order valence-corrected chi connectivity index (χ4v) is 0.763. The van der Waals surface area contributed by atoms with Crippen molar-refractivity contribution in [1.29, 1.82) is 0 Å². The van der Waals surface area contributed by atoms with Gasteiger partial charge in [-0.15, -0.1) is 0 Å². The number of rotatable bonds is 0. The molecule has 0 amide bonds. The molecule has 1 rings (SSSR count). The van der Waals surface area contributed by atoms with E-state index in [0.717, 1.165) is 0 Å². The van der Waals surface area contributed by atoms with Gasteiger partial charge in [-0.2, -0.15) is 0 Å². The molecule has 0 aromatic heterocycles. The second-order valence-electron chi connectivity index (χ2n) is 1.89. The highest BCUT2D eigenvalue weighted by molar-refractivity contribution is 6.33. The van der Waals surface area contributed by atoms with E-state index in [1.54, 1.807) is 0 Å². The van der Waals surface area contributed by atoms with Crippen LogP contribution in [0.15, 0.2) is 12.1 Å². The number of phenols is 1. The van der Waals surface area contributed by atoms with Crippen LogP contribution in [0.1, 0.15) is 0 Å². The second kappa shape index (κ2) is 2.27. The number of nitrogen functional groups attached to an aromatic ring is 2. The van der Waals surface area contributed by atoms with E-state index in [2.05, 4.69) is 0 Å². The summed E-state index contributed by atoms with van der Waals surface area (Å²) < 4.78 is 0. The molecule has 0 aliphatic carbocycles. The van der Waals surface area contributed by atoms with E-state index in [4.69, 9.17) is 28.2 Å². The molecule has 0 saturated heterocycles. The summed E-state index contributed by atoms with van der Waals surface area (Å²) in [5.74, 6) is -0.0399. The Morgan fingerprint density at radius 2 is 1.80 bits per heavy atom. The quantitative estimate of drug-likeness (QED) is 0.393. The predicted octanol–water partition coefficient (Wildman–Crippen LogP) is 1.21. The molecule has 0 fully saturated rings. The van der Waals surface area contributed by atoms with Crippen LogP contribution < -0.4 is 11.5 Å². The number of nitrogens with two attached hydrogens (primary N) is 2. The van der Waals surface area contributed by atoms with Crippen LogP contribution in [0.4, 0.5) is 11.4 Å². The van der Waals surface area contributed by atoms with Crippen molar-refractivity contribution in [3.05, 3.63) is 17.2 Å². The zero-order valence-electron chi connectivity index (χ0n) is 5.13. The Balaban J connectivity index is 3.34. The van der Waals surface area contributed by atoms with E-state index in [1.807, 2.05) is 0 Å². The predicted molar refractivity (Wildman–Crippen MR) is 41.9 cm³/mol. The van der Waals surface area contributed by atoms with Crippen LogP contribution in [0.25, 0.3) is 0 Å². The van der Waals surface area contributed by atoms with Gasteiger partial charge in [-0.1, -0.05) is 11.6 Å². The van der Waals surface area contributed by atoms with Crippen LogP contribution in [0.2, 0.25) is 5.02 Å². The monoisotopic (exact) mass is 158 g/mol. The molecule has 0 saturated carbocycles. The average Bonchev–Trinajstić information content (AvgIpc) is 1.93. The maximum atomic E-state index is 8.96. The van der Waals surface area contributed by atoms with Crippen LogP contribution in [-0.4, -0.2) is 5.11 Å². The normalized spacial score (nSPS) is 9.70. The molecule has 0 spiro atoms. The third-order valence-electron chi connectivity index (χ3n) is 1.21. The standard InChI is InChI=1S/C6H7ClN2O/c7-3-1-2-4(10)6(9)5(3)8/h1-2,10H,8-9H2. The maximum Gasteiger partial charge on any atom is 0.140 e. The molecule has 0 unspecified atom stereocenters. The molecule has 1 aromatic carbocycles. The van der Waals surface area contributed by atoms with Gasteiger partial charge in [0, 0.05) is 0 Å². The van der Waals surface area contributed by atoms with E-state index >= 15 is 0 Å². The van der Waals surface area contributed by atoms with Gasteiger partial charge in [0.05, 0.1) is 16.4 Å². The van der Waals surface area contributed by atoms with Crippen molar-refractivity contribution in [2.24, 2.45) is 0 Å². The summed E-state index contributed by atoms with van der Waals surface area (Å²) in [5, 5.41) is 9.32. The fourth-order valence-electron chi connectivity index (χ4n) is 0.598. The first kappa shape index (κ1) is 7.02. The number of aromatic hydroxyl groups is 1. The summed E-state index contributed by atoms with van der Waals surface area (Å²) in [5.41, 5.74) is 11.0. The van der Waals surface area contributed by atoms with Crippen molar-refractivity contribution >= 4 is 23.0 Å². The molecule has 0 aliphatic heterocycles. The zero-order chi connectivity index (χ0) is 7.72. The Hall–Kier alpha value is -1.09. The van der Waals surface area contributed by atoms with Gasteiger partial charge in [0.2, 0.25) is 0 Å². The van der Waals surface area contributed by atoms with Gasteiger partial charge >= 0.3 is 0 Å². The minimum Gasteiger partial charge on any atom is -0.506 e. The Labute approximate surface area is 63.2 Å². The van der Waals surface area contributed by atoms with Crippen molar-refractivity contribution < 1.29 is 5.11 Å². The molecule has 0 radical (unpaired) electrons. The van der Waals surface area contributed by atoms with E-state index in [0.29, 0.717) is 5.02 Å². The molecule has 4 heteroatoms. The summed E-state index contributed by atoms with van der Waals surface area (Å²) in [6.07, 6.45) is 0. The summed E-state index contributed by atoms with van der Waals surface area (Å²) in [7, 11) is 0. The Bertz CT molecular complexity index is 235. The Morgan fingerprint density at radius 3 is 2.30 bits per heavy atom. The molecule has 5 N–H and O–H groups in total. The van der Waals surface area contributed by atoms with E-state index < -0.39 is 0 Å². The number of phenolic OH excluding ortho intramolecular Hbond substituents is 1. The van der Waals surface area contributed by atoms with E-state index in [1.165, 1.54) is 12.1 Å². The van der Waals surface area contributed by atoms with Crippen LogP contribution in [0.3, 0.4) is 0 Å². The van der Waals surface area contributed by atoms with Gasteiger partial charge in [0.1, 0.15) is 5.75 Å². The highest BCUT2D eigenvalue weighted by Crippen LogP contribution is 2.31. The first-order chi connectivity index (χ1) is 4.63. The molecular formula is C6H7ClN2O. The minimum atomic E-state index is -0.0399. The lowest BCUT2D eigenvalue weighted by Gasteiger charge is -2.02. The number of halogens is 1. The van der Waals surface area contributed by atoms with Crippen LogP contribution in [-0.2, 0) is 0 Å². The number of anilines is 2. The molecule has 0 heterocycles. The zero-order valence-corrected chi connectivity index (χ0v) is 5.89. The first-order valence-electron chi connectivity index (χ1n) is 2.65. The van der Waals surface area contributed by atoms with Gasteiger partial charge in [-0.3, -0.25) is 0 Å². The van der Waals surface area contributed by atoms with Crippen molar-refractivity contribution in [2.75, 3.05) is 11.5 Å². The van der Waals surface area contributed by atoms with Crippen LogP contribution in [0, 0.1) is 0 Å². The van der Waals surface area contributed by atoms with Crippen molar-refractivity contribution in [3.63, 3.8) is 0 Å². The SMILES string of the molecule is Nc1c(O)ccc(Cl)c1N. The number of hydrogen-bond acceptors (Lipinski definition) is 3. The molecule has 3 nitrogen and oxygen atoms in total. The van der Waals surface area contributed by atoms with Crippen molar-refractivity contribution in [2.45, 2.75) is 0 Å². The van der Waals surface area contributed by atoms with Crippen molar-refractivity contribution in [1.82, 2.24) is 0 Å². The lowest BCUT2D eigenvalue weighted by atomic mass is 10.2. The van der Waals surface area contributed by atoms with Gasteiger partial charge in [-0.25, -0.2) is 0 Å². The molecule has 0 aliphatic rings. The van der Waals surface area contributed by atoms with Crippen LogP contribution in [0.5, 0.6) is 5.75 Å². The highest BCUT2D eigenvalue weighted by Gasteiger charge is 2.03. The minimum absolute atomic E-state index is 0.0399. The fraction of sp³-hybridized carbons (Fsp3) is 0. The highest BCUT2D eigenvalue weighted by atomic mass is 35.5. The summed E-state index contributed by atoms with van der Waals surface area (Å²) in [6, 6.07) is 2.89. The summed E-state index contributed by atoms with van der Waals surface area (Å²) in [6.45, 7) is 0. The third kappa shape index (κ3) is 0.953. The van der Waals surface area contributed by atoms with E-state index in [9.17, 15) is 0 Å². The third-order valence-corrected chi connectivity index (χ3v) is 1.54. The smallest absolute Gasteiger partial charge is 0.140 e. The Kier molecular flexibility index (Phi) is 1.59. The topological polar surface area (TPSA) is 72.3 Å². The molecule has 0 atom stereocenters. The Morgan fingerprint density at radius 1 is 1.20 bits per heavy atom. The lowest BCUT2D eigenvalue weighted by Crippen LogP contribution is -1.94. The van der Waals surface area contributed by atoms with Gasteiger partial charge in [-0.05, 0) is 12.1 Å². The molecule has 54 valence electrons. The first-order valence-corrected chi connectivity index (χ1v) is 3.03. The summed E-state index contributed by atoms with van der Waals surface area (Å²) >= 11 is 5.57. The second-order valence-corrected chi connectivity index (χ2v) is 2.30. The largest absolute Gasteiger partial charge is 0.506 e. The number of hydrogen-bond donors (Lipinski definition) is 3. The summed E-state index contributed by atoms with van der Waals surface area (Å²) in [4.78, 5) is 0. The molecule has 10 heavy (non-hydrogen) atoms. The van der Waals surface area contributed by atoms with Crippen LogP contribution >= 0.6 is 11.6 Å². The molecular weight excluding hydrogens is 152 g/mol. The lowest BCUT2D eigenvalue weighted by molar-refractivity contribution is 0.478. The maximum absolute atomic E-state index is 8.96. The van der Waals surface area contributed by atoms with E-state index in [-0.39, 0.29) is 17.1 Å².